The van der Waals surface area contributed by atoms with E-state index in [1.807, 2.05) is 59.3 Å². The number of hydrogen-bond acceptors (Lipinski definition) is 4. The number of fused-ring (bicyclic) bond motifs is 1. The van der Waals surface area contributed by atoms with E-state index in [9.17, 15) is 9.59 Å². The van der Waals surface area contributed by atoms with Gasteiger partial charge in [-0.1, -0.05) is 30.3 Å². The number of aromatic nitrogens is 4. The molecule has 1 N–H and O–H groups in total. The number of benzene rings is 1. The van der Waals surface area contributed by atoms with E-state index in [0.29, 0.717) is 5.69 Å². The highest BCUT2D eigenvalue weighted by Crippen LogP contribution is 2.20. The number of imidazole rings is 1. The van der Waals surface area contributed by atoms with E-state index in [0.717, 1.165) is 22.5 Å². The molecule has 0 aliphatic heterocycles. The van der Waals surface area contributed by atoms with E-state index in [4.69, 9.17) is 0 Å². The Hall–Kier alpha value is -3.74. The first-order valence-corrected chi connectivity index (χ1v) is 8.87. The molecular weight excluding hydrogens is 354 g/mol. The average molecular weight is 373 g/mol. The third-order valence-corrected chi connectivity index (χ3v) is 4.63. The summed E-state index contributed by atoms with van der Waals surface area (Å²) < 4.78 is 3.37. The van der Waals surface area contributed by atoms with E-state index < -0.39 is 0 Å². The first kappa shape index (κ1) is 17.7. The zero-order valence-electron chi connectivity index (χ0n) is 15.6. The average Bonchev–Trinajstić information content (AvgIpc) is 3.31. The van der Waals surface area contributed by atoms with E-state index in [2.05, 4.69) is 15.4 Å². The molecular formula is C21H19N5O2. The summed E-state index contributed by atoms with van der Waals surface area (Å²) in [4.78, 5) is 29.5. The highest BCUT2D eigenvalue weighted by molar-refractivity contribution is 6.07. The minimum atomic E-state index is -0.326. The Morgan fingerprint density at radius 3 is 2.68 bits per heavy atom. The molecule has 0 fully saturated rings. The molecule has 1 amide bonds. The van der Waals surface area contributed by atoms with Crippen LogP contribution in [0.3, 0.4) is 0 Å². The largest absolute Gasteiger partial charge is 0.355 e. The number of ketones is 1. The topological polar surface area (TPSA) is 81.3 Å². The highest BCUT2D eigenvalue weighted by Gasteiger charge is 2.21. The Labute approximate surface area is 161 Å². The maximum Gasteiger partial charge on any atom is 0.254 e. The number of aryl methyl sites for hydroxylation is 1. The predicted octanol–water partition coefficient (Wildman–Crippen LogP) is 2.52. The van der Waals surface area contributed by atoms with Crippen molar-refractivity contribution in [2.45, 2.75) is 6.42 Å². The van der Waals surface area contributed by atoms with Crippen LogP contribution in [-0.4, -0.2) is 37.9 Å². The predicted molar refractivity (Wildman–Crippen MR) is 105 cm³/mol. The van der Waals surface area contributed by atoms with Gasteiger partial charge >= 0.3 is 0 Å². The number of Topliss-reactive ketones (excluding diaryl/α,β-unsaturated/α-hetero) is 1. The van der Waals surface area contributed by atoms with Gasteiger partial charge < -0.3 is 9.72 Å². The second kappa shape index (κ2) is 7.11. The Balaban J connectivity index is 1.63. The zero-order valence-corrected chi connectivity index (χ0v) is 15.6. The maximum atomic E-state index is 12.8. The lowest BCUT2D eigenvalue weighted by atomic mass is 10.1. The number of hydrogen-bond donors (Lipinski definition) is 1. The number of carbonyl (C=O) groups is 2. The molecule has 0 saturated heterocycles. The van der Waals surface area contributed by atoms with Gasteiger partial charge in [-0.15, -0.1) is 0 Å². The molecule has 28 heavy (non-hydrogen) atoms. The molecule has 7 nitrogen and oxygen atoms in total. The fourth-order valence-electron chi connectivity index (χ4n) is 3.22. The van der Waals surface area contributed by atoms with Crippen molar-refractivity contribution < 1.29 is 9.59 Å². The lowest BCUT2D eigenvalue weighted by Gasteiger charge is -2.05. The van der Waals surface area contributed by atoms with Gasteiger partial charge in [0.25, 0.3) is 5.91 Å². The van der Waals surface area contributed by atoms with Crippen molar-refractivity contribution in [3.05, 3.63) is 77.9 Å². The normalized spacial score (nSPS) is 10.9. The SMILES string of the molecule is CNC(=O)c1cnn(C)c1C(=O)Cc1ccn2cc(-c3ccccc3)nc2c1. The van der Waals surface area contributed by atoms with Gasteiger partial charge in [-0.05, 0) is 17.7 Å². The summed E-state index contributed by atoms with van der Waals surface area (Å²) in [5.74, 6) is -0.495. The molecule has 1 aromatic carbocycles. The molecule has 0 aliphatic carbocycles. The molecule has 3 aromatic heterocycles. The third kappa shape index (κ3) is 3.18. The molecule has 3 heterocycles. The Bertz CT molecular complexity index is 1170. The number of nitrogens with one attached hydrogen (secondary N) is 1. The molecule has 0 unspecified atom stereocenters. The molecule has 7 heteroatoms. The van der Waals surface area contributed by atoms with Crippen molar-refractivity contribution in [3.63, 3.8) is 0 Å². The molecule has 0 atom stereocenters. The number of pyridine rings is 1. The van der Waals surface area contributed by atoms with Gasteiger partial charge in [0.2, 0.25) is 0 Å². The first-order valence-electron chi connectivity index (χ1n) is 8.87. The second-order valence-electron chi connectivity index (χ2n) is 6.50. The molecule has 0 aliphatic rings. The van der Waals surface area contributed by atoms with Crippen molar-refractivity contribution in [2.75, 3.05) is 7.05 Å². The van der Waals surface area contributed by atoms with Gasteiger partial charge in [0.05, 0.1) is 17.5 Å². The summed E-state index contributed by atoms with van der Waals surface area (Å²) in [6, 6.07) is 13.7. The van der Waals surface area contributed by atoms with Crippen LogP contribution in [0.1, 0.15) is 26.4 Å². The number of carbonyl (C=O) groups excluding carboxylic acids is 2. The number of rotatable bonds is 5. The highest BCUT2D eigenvalue weighted by atomic mass is 16.2. The molecule has 0 saturated carbocycles. The van der Waals surface area contributed by atoms with Crippen LogP contribution in [0.5, 0.6) is 0 Å². The van der Waals surface area contributed by atoms with Crippen LogP contribution in [0.25, 0.3) is 16.9 Å². The summed E-state index contributed by atoms with van der Waals surface area (Å²) in [7, 11) is 3.18. The number of nitrogens with zero attached hydrogens (tertiary/aromatic N) is 4. The maximum absolute atomic E-state index is 12.8. The van der Waals surface area contributed by atoms with Crippen LogP contribution in [-0.2, 0) is 13.5 Å². The fourth-order valence-corrected chi connectivity index (χ4v) is 3.22. The van der Waals surface area contributed by atoms with E-state index in [1.165, 1.54) is 17.9 Å². The summed E-state index contributed by atoms with van der Waals surface area (Å²) >= 11 is 0. The summed E-state index contributed by atoms with van der Waals surface area (Å²) in [5, 5.41) is 6.59. The van der Waals surface area contributed by atoms with Crippen LogP contribution >= 0.6 is 0 Å². The van der Waals surface area contributed by atoms with Crippen molar-refractivity contribution in [1.29, 1.82) is 0 Å². The van der Waals surface area contributed by atoms with Crippen molar-refractivity contribution in [3.8, 4) is 11.3 Å². The lowest BCUT2D eigenvalue weighted by Crippen LogP contribution is -2.22. The number of amides is 1. The standard InChI is InChI=1S/C21H19N5O2/c1-22-21(28)16-12-23-25(2)20(16)18(27)10-14-8-9-26-13-17(24-19(26)11-14)15-6-4-3-5-7-15/h3-9,11-13H,10H2,1-2H3,(H,22,28). The van der Waals surface area contributed by atoms with Gasteiger partial charge in [0, 0.05) is 38.5 Å². The van der Waals surface area contributed by atoms with Crippen molar-refractivity contribution >= 4 is 17.3 Å². The van der Waals surface area contributed by atoms with Crippen molar-refractivity contribution in [1.82, 2.24) is 24.5 Å². The summed E-state index contributed by atoms with van der Waals surface area (Å²) in [5.41, 5.74) is 4.08. The van der Waals surface area contributed by atoms with Gasteiger partial charge in [-0.2, -0.15) is 5.10 Å². The molecule has 140 valence electrons. The smallest absolute Gasteiger partial charge is 0.254 e. The first-order chi connectivity index (χ1) is 13.6. The minimum absolute atomic E-state index is 0.160. The van der Waals surface area contributed by atoms with Crippen LogP contribution in [0.2, 0.25) is 0 Å². The second-order valence-corrected chi connectivity index (χ2v) is 6.50. The summed E-state index contributed by atoms with van der Waals surface area (Å²) in [6.07, 6.45) is 5.42. The Kier molecular flexibility index (Phi) is 4.49. The van der Waals surface area contributed by atoms with Crippen LogP contribution < -0.4 is 5.32 Å². The van der Waals surface area contributed by atoms with Crippen molar-refractivity contribution in [2.24, 2.45) is 7.05 Å². The Morgan fingerprint density at radius 1 is 1.14 bits per heavy atom. The molecule has 4 aromatic rings. The molecule has 0 bridgehead atoms. The van der Waals surface area contributed by atoms with E-state index in [1.54, 1.807) is 7.05 Å². The van der Waals surface area contributed by atoms with Gasteiger partial charge in [-0.3, -0.25) is 14.3 Å². The van der Waals surface area contributed by atoms with E-state index in [-0.39, 0.29) is 23.7 Å². The van der Waals surface area contributed by atoms with Crippen LogP contribution in [0.4, 0.5) is 0 Å². The van der Waals surface area contributed by atoms with Gasteiger partial charge in [0.15, 0.2) is 5.78 Å². The third-order valence-electron chi connectivity index (χ3n) is 4.63. The zero-order chi connectivity index (χ0) is 19.7. The van der Waals surface area contributed by atoms with E-state index >= 15 is 0 Å². The monoisotopic (exact) mass is 373 g/mol. The minimum Gasteiger partial charge on any atom is -0.355 e. The van der Waals surface area contributed by atoms with Crippen LogP contribution in [0.15, 0.2) is 61.1 Å². The van der Waals surface area contributed by atoms with Gasteiger partial charge in [0.1, 0.15) is 11.3 Å². The molecule has 0 spiro atoms. The van der Waals surface area contributed by atoms with Crippen LogP contribution in [0, 0.1) is 0 Å². The Morgan fingerprint density at radius 2 is 1.93 bits per heavy atom. The quantitative estimate of drug-likeness (QED) is 0.545. The lowest BCUT2D eigenvalue weighted by molar-refractivity contribution is 0.0938. The molecule has 0 radical (unpaired) electrons. The summed E-state index contributed by atoms with van der Waals surface area (Å²) in [6.45, 7) is 0. The molecule has 4 rings (SSSR count). The van der Waals surface area contributed by atoms with Gasteiger partial charge in [-0.25, -0.2) is 4.98 Å². The fraction of sp³-hybridized carbons (Fsp3) is 0.143.